The van der Waals surface area contributed by atoms with Crippen molar-refractivity contribution >= 4 is 13.8 Å². The van der Waals surface area contributed by atoms with Crippen LogP contribution in [-0.4, -0.2) is 30.7 Å². The molecule has 0 radical (unpaired) electrons. The highest BCUT2D eigenvalue weighted by Gasteiger charge is 2.20. The summed E-state index contributed by atoms with van der Waals surface area (Å²) in [5.74, 6) is -0.619. The van der Waals surface area contributed by atoms with Crippen LogP contribution in [0.4, 0.5) is 0 Å². The van der Waals surface area contributed by atoms with Crippen molar-refractivity contribution in [2.45, 2.75) is 13.0 Å². The molecule has 14 heavy (non-hydrogen) atoms. The topological polar surface area (TPSA) is 82.1 Å². The first-order valence-electron chi connectivity index (χ1n) is 3.77. The van der Waals surface area contributed by atoms with Crippen LogP contribution in [0.5, 0.6) is 0 Å². The van der Waals surface area contributed by atoms with Crippen molar-refractivity contribution in [1.82, 2.24) is 0 Å². The van der Waals surface area contributed by atoms with Crippen LogP contribution in [0.2, 0.25) is 0 Å². The molecule has 0 rings (SSSR count). The normalized spacial score (nSPS) is 16.8. The monoisotopic (exact) mass is 224 g/mol. The summed E-state index contributed by atoms with van der Waals surface area (Å²) in [6.45, 7) is 4.48. The van der Waals surface area contributed by atoms with Gasteiger partial charge in [0.25, 0.3) is 0 Å². The van der Waals surface area contributed by atoms with Crippen LogP contribution >= 0.6 is 7.82 Å². The molecule has 6 nitrogen and oxygen atoms in total. The molecule has 0 aromatic heterocycles. The number of esters is 1. The third kappa shape index (κ3) is 5.88. The maximum absolute atomic E-state index is 10.8. The summed E-state index contributed by atoms with van der Waals surface area (Å²) in [6.07, 6.45) is 0.349. The zero-order valence-electron chi connectivity index (χ0n) is 8.00. The molecule has 0 saturated carbocycles. The third-order valence-electron chi connectivity index (χ3n) is 1.19. The van der Waals surface area contributed by atoms with E-state index in [0.717, 1.165) is 13.2 Å². The van der Waals surface area contributed by atoms with Gasteiger partial charge in [0.2, 0.25) is 0 Å². The summed E-state index contributed by atoms with van der Waals surface area (Å²) >= 11 is 0. The molecular weight excluding hydrogens is 211 g/mol. The van der Waals surface area contributed by atoms with Crippen molar-refractivity contribution in [3.8, 4) is 0 Å². The molecule has 0 aromatic carbocycles. The van der Waals surface area contributed by atoms with Gasteiger partial charge >= 0.3 is 13.8 Å². The Labute approximate surface area is 82.1 Å². The number of carbonyl (C=O) groups is 1. The minimum absolute atomic E-state index is 0.221. The molecule has 0 spiro atoms. The largest absolute Gasteiger partial charge is 0.472 e. The summed E-state index contributed by atoms with van der Waals surface area (Å²) in [5, 5.41) is 0. The summed E-state index contributed by atoms with van der Waals surface area (Å²) in [6, 6.07) is 0. The van der Waals surface area contributed by atoms with Gasteiger partial charge in [-0.05, 0) is 6.92 Å². The van der Waals surface area contributed by atoms with E-state index in [1.165, 1.54) is 6.92 Å². The maximum atomic E-state index is 10.8. The van der Waals surface area contributed by atoms with Gasteiger partial charge in [-0.15, -0.1) is 0 Å². The predicted molar refractivity (Wildman–Crippen MR) is 48.5 cm³/mol. The van der Waals surface area contributed by atoms with Gasteiger partial charge in [0.1, 0.15) is 6.10 Å². The summed E-state index contributed by atoms with van der Waals surface area (Å²) in [5.41, 5.74) is 0. The molecule has 0 aliphatic carbocycles. The van der Waals surface area contributed by atoms with Crippen LogP contribution in [0.15, 0.2) is 12.7 Å². The van der Waals surface area contributed by atoms with Crippen LogP contribution in [-0.2, 0) is 23.1 Å². The van der Waals surface area contributed by atoms with Gasteiger partial charge in [0.05, 0.1) is 6.61 Å². The van der Waals surface area contributed by atoms with E-state index in [-0.39, 0.29) is 6.61 Å². The van der Waals surface area contributed by atoms with Gasteiger partial charge in [-0.1, -0.05) is 6.58 Å². The Morgan fingerprint density at radius 1 is 1.71 bits per heavy atom. The lowest BCUT2D eigenvalue weighted by Crippen LogP contribution is -2.18. The quantitative estimate of drug-likeness (QED) is 0.409. The minimum Gasteiger partial charge on any atom is -0.457 e. The van der Waals surface area contributed by atoms with Gasteiger partial charge < -0.3 is 9.63 Å². The van der Waals surface area contributed by atoms with Gasteiger partial charge in [-0.3, -0.25) is 9.05 Å². The highest BCUT2D eigenvalue weighted by Crippen LogP contribution is 2.41. The first kappa shape index (κ1) is 13.3. The van der Waals surface area contributed by atoms with Crippen LogP contribution in [0.3, 0.4) is 0 Å². The van der Waals surface area contributed by atoms with E-state index >= 15 is 0 Å². The number of hydrogen-bond donors (Lipinski definition) is 1. The number of hydrogen-bond acceptors (Lipinski definition) is 5. The standard InChI is InChI=1S/C7H13O6P/c1-4-7(8)13-6(2)5-12-14(9,10)11-3/h4,6H,1,5H2,2-3H3,(H,9,10). The average molecular weight is 224 g/mol. The average Bonchev–Trinajstić information content (AvgIpc) is 2.15. The zero-order chi connectivity index (χ0) is 11.2. The van der Waals surface area contributed by atoms with Crippen molar-refractivity contribution < 1.29 is 28.0 Å². The molecule has 0 amide bonds. The van der Waals surface area contributed by atoms with E-state index in [1.807, 2.05) is 0 Å². The van der Waals surface area contributed by atoms with Crippen molar-refractivity contribution in [1.29, 1.82) is 0 Å². The molecule has 0 aromatic rings. The SMILES string of the molecule is C=CC(=O)OC(C)COP(=O)(O)OC. The Morgan fingerprint density at radius 3 is 2.71 bits per heavy atom. The van der Waals surface area contributed by atoms with E-state index in [9.17, 15) is 9.36 Å². The first-order chi connectivity index (χ1) is 6.41. The highest BCUT2D eigenvalue weighted by molar-refractivity contribution is 7.47. The summed E-state index contributed by atoms with van der Waals surface area (Å²) in [4.78, 5) is 19.5. The van der Waals surface area contributed by atoms with Crippen LogP contribution in [0.25, 0.3) is 0 Å². The molecule has 82 valence electrons. The molecule has 0 fully saturated rings. The van der Waals surface area contributed by atoms with Crippen molar-refractivity contribution in [3.05, 3.63) is 12.7 Å². The number of carbonyl (C=O) groups excluding carboxylic acids is 1. The van der Waals surface area contributed by atoms with Crippen molar-refractivity contribution in [3.63, 3.8) is 0 Å². The molecule has 2 unspecified atom stereocenters. The molecule has 7 heteroatoms. The predicted octanol–water partition coefficient (Wildman–Crippen LogP) is 0.867. The van der Waals surface area contributed by atoms with Gasteiger partial charge in [0.15, 0.2) is 0 Å². The molecule has 0 heterocycles. The summed E-state index contributed by atoms with van der Waals surface area (Å²) in [7, 11) is -2.95. The van der Waals surface area contributed by atoms with Gasteiger partial charge in [-0.2, -0.15) is 0 Å². The van der Waals surface area contributed by atoms with Crippen LogP contribution in [0, 0.1) is 0 Å². The van der Waals surface area contributed by atoms with Crippen molar-refractivity contribution in [2.24, 2.45) is 0 Å². The zero-order valence-corrected chi connectivity index (χ0v) is 8.90. The first-order valence-corrected chi connectivity index (χ1v) is 5.27. The minimum atomic E-state index is -4.00. The molecule has 0 aliphatic rings. The fourth-order valence-electron chi connectivity index (χ4n) is 0.532. The van der Waals surface area contributed by atoms with Gasteiger partial charge in [0, 0.05) is 13.2 Å². The lowest BCUT2D eigenvalue weighted by atomic mass is 10.4. The number of ether oxygens (including phenoxy) is 1. The second-order valence-electron chi connectivity index (χ2n) is 2.40. The van der Waals surface area contributed by atoms with Crippen LogP contribution < -0.4 is 0 Å². The van der Waals surface area contributed by atoms with E-state index in [1.54, 1.807) is 0 Å². The van der Waals surface area contributed by atoms with E-state index in [2.05, 4.69) is 20.4 Å². The van der Waals surface area contributed by atoms with E-state index in [4.69, 9.17) is 4.89 Å². The lowest BCUT2D eigenvalue weighted by Gasteiger charge is -2.14. The summed E-state index contributed by atoms with van der Waals surface area (Å²) < 4.78 is 24.1. The third-order valence-corrected chi connectivity index (χ3v) is 2.12. The lowest BCUT2D eigenvalue weighted by molar-refractivity contribution is -0.143. The number of rotatable bonds is 6. The molecular formula is C7H13O6P. The molecule has 0 bridgehead atoms. The van der Waals surface area contributed by atoms with E-state index in [0.29, 0.717) is 0 Å². The highest BCUT2D eigenvalue weighted by atomic mass is 31.2. The molecule has 1 N–H and O–H groups in total. The second-order valence-corrected chi connectivity index (χ2v) is 3.96. The maximum Gasteiger partial charge on any atom is 0.472 e. The molecule has 0 aliphatic heterocycles. The number of phosphoric ester groups is 1. The smallest absolute Gasteiger partial charge is 0.457 e. The fraction of sp³-hybridized carbons (Fsp3) is 0.571. The Bertz CT molecular complexity index is 251. The Hall–Kier alpha value is -0.680. The van der Waals surface area contributed by atoms with Crippen molar-refractivity contribution in [2.75, 3.05) is 13.7 Å². The van der Waals surface area contributed by atoms with Gasteiger partial charge in [-0.25, -0.2) is 9.36 Å². The fourth-order valence-corrected chi connectivity index (χ4v) is 1.04. The Kier molecular flexibility index (Phi) is 5.64. The van der Waals surface area contributed by atoms with E-state index < -0.39 is 19.9 Å². The number of phosphoric acid groups is 1. The van der Waals surface area contributed by atoms with Crippen LogP contribution in [0.1, 0.15) is 6.92 Å². The second kappa shape index (κ2) is 5.93. The molecule has 2 atom stereocenters. The Morgan fingerprint density at radius 2 is 2.29 bits per heavy atom. The Balaban J connectivity index is 3.85. The molecule has 0 saturated heterocycles.